The van der Waals surface area contributed by atoms with E-state index in [0.717, 1.165) is 27.0 Å². The van der Waals surface area contributed by atoms with Crippen molar-refractivity contribution in [1.29, 1.82) is 0 Å². The highest BCUT2D eigenvalue weighted by molar-refractivity contribution is 9.10. The van der Waals surface area contributed by atoms with Crippen LogP contribution in [-0.4, -0.2) is 10.2 Å². The minimum Gasteiger partial charge on any atom is -0.282 e. The molecule has 0 aliphatic rings. The molecule has 2 nitrogen and oxygen atoms in total. The summed E-state index contributed by atoms with van der Waals surface area (Å²) in [6.07, 6.45) is 0. The van der Waals surface area contributed by atoms with Gasteiger partial charge in [0, 0.05) is 21.3 Å². The highest BCUT2D eigenvalue weighted by Gasteiger charge is 2.13. The Kier molecular flexibility index (Phi) is 3.22. The van der Waals surface area contributed by atoms with E-state index in [1.54, 1.807) is 0 Å². The Morgan fingerprint density at radius 3 is 2.42 bits per heavy atom. The SMILES string of the molecule is Cc1[nH]nc(-c2ccccc2)c1-c1cccc(Br)c1. The molecule has 0 spiro atoms. The highest BCUT2D eigenvalue weighted by Crippen LogP contribution is 2.33. The summed E-state index contributed by atoms with van der Waals surface area (Å²) < 4.78 is 1.07. The number of nitrogens with one attached hydrogen (secondary N) is 1. The molecule has 3 aromatic rings. The van der Waals surface area contributed by atoms with Crippen LogP contribution in [0.25, 0.3) is 22.4 Å². The average Bonchev–Trinajstić information content (AvgIpc) is 2.82. The molecule has 1 N–H and O–H groups in total. The lowest BCUT2D eigenvalue weighted by atomic mass is 9.99. The molecule has 0 saturated carbocycles. The first kappa shape index (κ1) is 12.2. The number of halogens is 1. The fraction of sp³-hybridized carbons (Fsp3) is 0.0625. The van der Waals surface area contributed by atoms with Crippen LogP contribution >= 0.6 is 15.9 Å². The zero-order chi connectivity index (χ0) is 13.2. The Balaban J connectivity index is 2.20. The summed E-state index contributed by atoms with van der Waals surface area (Å²) in [6, 6.07) is 18.5. The Labute approximate surface area is 120 Å². The summed E-state index contributed by atoms with van der Waals surface area (Å²) in [7, 11) is 0. The normalized spacial score (nSPS) is 10.6. The molecule has 0 radical (unpaired) electrons. The van der Waals surface area contributed by atoms with Gasteiger partial charge in [0.2, 0.25) is 0 Å². The predicted molar refractivity (Wildman–Crippen MR) is 81.9 cm³/mol. The van der Waals surface area contributed by atoms with Gasteiger partial charge in [-0.3, -0.25) is 5.10 Å². The monoisotopic (exact) mass is 312 g/mol. The summed E-state index contributed by atoms with van der Waals surface area (Å²) in [4.78, 5) is 0. The molecule has 2 aromatic carbocycles. The van der Waals surface area contributed by atoms with Crippen LogP contribution in [0.3, 0.4) is 0 Å². The molecular weight excluding hydrogens is 300 g/mol. The number of aromatic amines is 1. The first-order valence-electron chi connectivity index (χ1n) is 6.12. The molecule has 0 bridgehead atoms. The highest BCUT2D eigenvalue weighted by atomic mass is 79.9. The number of benzene rings is 2. The molecule has 1 aromatic heterocycles. The molecule has 0 unspecified atom stereocenters. The maximum Gasteiger partial charge on any atom is 0.100 e. The van der Waals surface area contributed by atoms with Gasteiger partial charge in [-0.2, -0.15) is 5.10 Å². The molecule has 0 aliphatic heterocycles. The smallest absolute Gasteiger partial charge is 0.100 e. The minimum atomic E-state index is 0.996. The number of rotatable bonds is 2. The standard InChI is InChI=1S/C16H13BrN2/c1-11-15(13-8-5-9-14(17)10-13)16(19-18-11)12-6-3-2-4-7-12/h2-10H,1H3,(H,18,19). The number of aromatic nitrogens is 2. The van der Waals surface area contributed by atoms with Crippen molar-refractivity contribution in [2.75, 3.05) is 0 Å². The molecule has 0 saturated heterocycles. The molecule has 0 amide bonds. The second-order valence-electron chi connectivity index (χ2n) is 4.45. The van der Waals surface area contributed by atoms with Gasteiger partial charge in [0.15, 0.2) is 0 Å². The Morgan fingerprint density at radius 2 is 1.68 bits per heavy atom. The van der Waals surface area contributed by atoms with Crippen molar-refractivity contribution in [1.82, 2.24) is 10.2 Å². The second kappa shape index (κ2) is 5.02. The van der Waals surface area contributed by atoms with Gasteiger partial charge >= 0.3 is 0 Å². The number of hydrogen-bond acceptors (Lipinski definition) is 1. The van der Waals surface area contributed by atoms with Crippen LogP contribution in [0, 0.1) is 6.92 Å². The summed E-state index contributed by atoms with van der Waals surface area (Å²) in [6.45, 7) is 2.05. The molecule has 1 heterocycles. The van der Waals surface area contributed by atoms with E-state index in [-0.39, 0.29) is 0 Å². The molecule has 0 atom stereocenters. The van der Waals surface area contributed by atoms with Crippen LogP contribution < -0.4 is 0 Å². The van der Waals surface area contributed by atoms with E-state index in [2.05, 4.69) is 57.3 Å². The van der Waals surface area contributed by atoms with Gasteiger partial charge in [-0.25, -0.2) is 0 Å². The van der Waals surface area contributed by atoms with Crippen LogP contribution in [0.4, 0.5) is 0 Å². The van der Waals surface area contributed by atoms with Crippen LogP contribution in [-0.2, 0) is 0 Å². The average molecular weight is 313 g/mol. The van der Waals surface area contributed by atoms with E-state index in [0.29, 0.717) is 0 Å². The van der Waals surface area contributed by atoms with Gasteiger partial charge in [-0.1, -0.05) is 58.4 Å². The van der Waals surface area contributed by atoms with Gasteiger partial charge in [0.1, 0.15) is 5.69 Å². The van der Waals surface area contributed by atoms with Gasteiger partial charge in [-0.15, -0.1) is 0 Å². The van der Waals surface area contributed by atoms with E-state index >= 15 is 0 Å². The van der Waals surface area contributed by atoms with Crippen LogP contribution in [0.1, 0.15) is 5.69 Å². The molecule has 0 aliphatic carbocycles. The predicted octanol–water partition coefficient (Wildman–Crippen LogP) is 4.81. The summed E-state index contributed by atoms with van der Waals surface area (Å²) >= 11 is 3.52. The molecular formula is C16H13BrN2. The Hall–Kier alpha value is -1.87. The zero-order valence-corrected chi connectivity index (χ0v) is 12.1. The third-order valence-electron chi connectivity index (χ3n) is 3.11. The second-order valence-corrected chi connectivity index (χ2v) is 5.36. The third kappa shape index (κ3) is 2.34. The van der Waals surface area contributed by atoms with Crippen LogP contribution in [0.15, 0.2) is 59.1 Å². The van der Waals surface area contributed by atoms with E-state index in [9.17, 15) is 0 Å². The molecule has 3 heteroatoms. The lowest BCUT2D eigenvalue weighted by Gasteiger charge is -2.05. The van der Waals surface area contributed by atoms with E-state index in [1.165, 1.54) is 5.56 Å². The summed E-state index contributed by atoms with van der Waals surface area (Å²) in [5.41, 5.74) is 5.53. The van der Waals surface area contributed by atoms with Crippen molar-refractivity contribution in [3.05, 3.63) is 64.8 Å². The topological polar surface area (TPSA) is 28.7 Å². The van der Waals surface area contributed by atoms with Gasteiger partial charge < -0.3 is 0 Å². The van der Waals surface area contributed by atoms with Crippen molar-refractivity contribution < 1.29 is 0 Å². The largest absolute Gasteiger partial charge is 0.282 e. The van der Waals surface area contributed by atoms with Crippen LogP contribution in [0.2, 0.25) is 0 Å². The maximum atomic E-state index is 4.45. The number of nitrogens with zero attached hydrogens (tertiary/aromatic N) is 1. The Morgan fingerprint density at radius 1 is 0.947 bits per heavy atom. The van der Waals surface area contributed by atoms with Crippen LogP contribution in [0.5, 0.6) is 0 Å². The zero-order valence-electron chi connectivity index (χ0n) is 10.5. The van der Waals surface area contributed by atoms with Gasteiger partial charge in [-0.05, 0) is 24.6 Å². The lowest BCUT2D eigenvalue weighted by Crippen LogP contribution is -1.84. The number of aryl methyl sites for hydroxylation is 1. The summed E-state index contributed by atoms with van der Waals surface area (Å²) in [5.74, 6) is 0. The van der Waals surface area contributed by atoms with Crippen molar-refractivity contribution in [2.24, 2.45) is 0 Å². The molecule has 3 rings (SSSR count). The van der Waals surface area contributed by atoms with E-state index < -0.39 is 0 Å². The number of H-pyrrole nitrogens is 1. The third-order valence-corrected chi connectivity index (χ3v) is 3.60. The quantitative estimate of drug-likeness (QED) is 0.722. The van der Waals surface area contributed by atoms with Crippen molar-refractivity contribution in [3.63, 3.8) is 0 Å². The summed E-state index contributed by atoms with van der Waals surface area (Å²) in [5, 5.41) is 7.54. The molecule has 19 heavy (non-hydrogen) atoms. The first-order chi connectivity index (χ1) is 9.25. The van der Waals surface area contributed by atoms with Crippen molar-refractivity contribution >= 4 is 15.9 Å². The minimum absolute atomic E-state index is 0.996. The van der Waals surface area contributed by atoms with Crippen molar-refractivity contribution in [3.8, 4) is 22.4 Å². The fourth-order valence-corrected chi connectivity index (χ4v) is 2.63. The van der Waals surface area contributed by atoms with Gasteiger partial charge in [0.25, 0.3) is 0 Å². The number of hydrogen-bond donors (Lipinski definition) is 1. The maximum absolute atomic E-state index is 4.45. The van der Waals surface area contributed by atoms with Crippen molar-refractivity contribution in [2.45, 2.75) is 6.92 Å². The fourth-order valence-electron chi connectivity index (χ4n) is 2.23. The van der Waals surface area contributed by atoms with Gasteiger partial charge in [0.05, 0.1) is 0 Å². The molecule has 94 valence electrons. The Bertz CT molecular complexity index is 702. The van der Waals surface area contributed by atoms with E-state index in [4.69, 9.17) is 0 Å². The first-order valence-corrected chi connectivity index (χ1v) is 6.91. The van der Waals surface area contributed by atoms with E-state index in [1.807, 2.05) is 30.3 Å². The lowest BCUT2D eigenvalue weighted by molar-refractivity contribution is 1.05. The molecule has 0 fully saturated rings.